The van der Waals surface area contributed by atoms with Gasteiger partial charge in [-0.3, -0.25) is 0 Å². The first-order valence-electron chi connectivity index (χ1n) is 8.14. The summed E-state index contributed by atoms with van der Waals surface area (Å²) in [5, 5.41) is 0. The lowest BCUT2D eigenvalue weighted by molar-refractivity contribution is 0.0840. The Balaban J connectivity index is 1.89. The molecule has 2 atom stereocenters. The number of nitrogens with zero attached hydrogens (tertiary/aromatic N) is 1. The lowest BCUT2D eigenvalue weighted by atomic mass is 10.1. The minimum Gasteiger partial charge on any atom is -0.498 e. The molecule has 2 rings (SSSR count). The second-order valence-electron chi connectivity index (χ2n) is 5.90. The quantitative estimate of drug-likeness (QED) is 0.458. The van der Waals surface area contributed by atoms with Crippen LogP contribution in [0, 0.1) is 0 Å². The Hall–Kier alpha value is -1.00. The molecule has 120 valence electrons. The highest BCUT2D eigenvalue weighted by atomic mass is 16.6. The van der Waals surface area contributed by atoms with Crippen LogP contribution in [0.1, 0.15) is 39.5 Å². The van der Waals surface area contributed by atoms with E-state index < -0.39 is 0 Å². The number of allylic oxidation sites excluding steroid dienone is 4. The maximum Gasteiger partial charge on any atom is 0.0984 e. The van der Waals surface area contributed by atoms with Gasteiger partial charge in [-0.15, -0.1) is 0 Å². The van der Waals surface area contributed by atoms with Crippen molar-refractivity contribution in [3.63, 3.8) is 0 Å². The van der Waals surface area contributed by atoms with Gasteiger partial charge in [0.15, 0.2) is 0 Å². The summed E-state index contributed by atoms with van der Waals surface area (Å²) in [6.07, 6.45) is 9.32. The molecule has 1 fully saturated rings. The Labute approximate surface area is 128 Å². The molecule has 1 heterocycles. The summed E-state index contributed by atoms with van der Waals surface area (Å²) in [5.41, 5.74) is 1.37. The second-order valence-corrected chi connectivity index (χ2v) is 5.90. The zero-order valence-electron chi connectivity index (χ0n) is 13.6. The molecule has 0 aromatic rings. The fraction of sp³-hybridized carbons (Fsp3) is 0.765. The van der Waals surface area contributed by atoms with Crippen molar-refractivity contribution in [2.24, 2.45) is 0 Å². The normalized spacial score (nSPS) is 22.3. The molecule has 1 aliphatic carbocycles. The molecule has 0 radical (unpaired) electrons. The van der Waals surface area contributed by atoms with E-state index in [1.165, 1.54) is 12.1 Å². The van der Waals surface area contributed by atoms with Gasteiger partial charge in [-0.25, -0.2) is 0 Å². The summed E-state index contributed by atoms with van der Waals surface area (Å²) in [5.74, 6) is 1.12. The molecular formula is C17H29NO3. The minimum atomic E-state index is 0.232. The van der Waals surface area contributed by atoms with Crippen LogP contribution in [-0.2, 0) is 14.2 Å². The van der Waals surface area contributed by atoms with E-state index in [1.807, 2.05) is 0 Å². The molecule has 0 aromatic carbocycles. The van der Waals surface area contributed by atoms with Gasteiger partial charge in [-0.2, -0.15) is 0 Å². The maximum atomic E-state index is 5.80. The molecule has 2 aliphatic rings. The van der Waals surface area contributed by atoms with E-state index >= 15 is 0 Å². The van der Waals surface area contributed by atoms with Gasteiger partial charge in [0.1, 0.15) is 0 Å². The van der Waals surface area contributed by atoms with E-state index in [2.05, 4.69) is 30.9 Å². The molecule has 0 saturated carbocycles. The number of rotatable bonds is 10. The minimum absolute atomic E-state index is 0.232. The van der Waals surface area contributed by atoms with Gasteiger partial charge < -0.3 is 19.1 Å². The molecule has 4 heteroatoms. The molecule has 0 spiro atoms. The predicted octanol–water partition coefficient (Wildman–Crippen LogP) is 3.10. The van der Waals surface area contributed by atoms with Gasteiger partial charge in [0.25, 0.3) is 0 Å². The van der Waals surface area contributed by atoms with Gasteiger partial charge in [0, 0.05) is 32.3 Å². The van der Waals surface area contributed by atoms with Crippen molar-refractivity contribution < 1.29 is 14.2 Å². The number of ether oxygens (including phenoxy) is 3. The molecule has 1 aliphatic heterocycles. The summed E-state index contributed by atoms with van der Waals surface area (Å²) in [4.78, 5) is 2.41. The van der Waals surface area contributed by atoms with Gasteiger partial charge in [0.05, 0.1) is 31.2 Å². The van der Waals surface area contributed by atoms with Crippen molar-refractivity contribution in [2.45, 2.75) is 51.7 Å². The topological polar surface area (TPSA) is 34.2 Å². The van der Waals surface area contributed by atoms with Gasteiger partial charge in [-0.05, 0) is 31.9 Å². The zero-order chi connectivity index (χ0) is 15.1. The van der Waals surface area contributed by atoms with Crippen LogP contribution in [0.25, 0.3) is 0 Å². The van der Waals surface area contributed by atoms with Crippen LogP contribution in [0.5, 0.6) is 0 Å². The first-order valence-corrected chi connectivity index (χ1v) is 8.14. The van der Waals surface area contributed by atoms with Crippen LogP contribution in [0.15, 0.2) is 23.6 Å². The Morgan fingerprint density at radius 1 is 1.38 bits per heavy atom. The number of unbranched alkanes of at least 4 members (excludes halogenated alkanes) is 1. The number of methoxy groups -OCH3 is 1. The third kappa shape index (κ3) is 5.71. The Morgan fingerprint density at radius 3 is 2.76 bits per heavy atom. The van der Waals surface area contributed by atoms with E-state index in [4.69, 9.17) is 14.2 Å². The standard InChI is InChI=1S/C17H29NO3/c1-4-5-10-20-16-8-6-15(7-9-16)18(11-14(2)19-3)12-17-13-21-17/h6,8,14,17H,4-5,7,9-13H2,1-3H3. The van der Waals surface area contributed by atoms with Crippen LogP contribution in [0.3, 0.4) is 0 Å². The third-order valence-electron chi connectivity index (χ3n) is 3.99. The predicted molar refractivity (Wildman–Crippen MR) is 84.0 cm³/mol. The van der Waals surface area contributed by atoms with E-state index in [0.29, 0.717) is 6.10 Å². The first kappa shape index (κ1) is 16.4. The van der Waals surface area contributed by atoms with Crippen LogP contribution >= 0.6 is 0 Å². The van der Waals surface area contributed by atoms with Gasteiger partial charge in [-0.1, -0.05) is 13.3 Å². The van der Waals surface area contributed by atoms with Gasteiger partial charge in [0.2, 0.25) is 0 Å². The molecule has 0 bridgehead atoms. The SMILES string of the molecule is CCCCOC1=CC=C(N(CC(C)OC)CC2CO2)CC1. The molecule has 21 heavy (non-hydrogen) atoms. The maximum absolute atomic E-state index is 5.80. The zero-order valence-corrected chi connectivity index (χ0v) is 13.6. The van der Waals surface area contributed by atoms with Crippen molar-refractivity contribution in [2.75, 3.05) is 33.4 Å². The van der Waals surface area contributed by atoms with E-state index in [0.717, 1.165) is 51.3 Å². The van der Waals surface area contributed by atoms with Crippen LogP contribution in [0.4, 0.5) is 0 Å². The molecule has 2 unspecified atom stereocenters. The van der Waals surface area contributed by atoms with Crippen LogP contribution in [0.2, 0.25) is 0 Å². The van der Waals surface area contributed by atoms with Crippen molar-refractivity contribution in [1.29, 1.82) is 0 Å². The Bertz CT molecular complexity index is 374. The fourth-order valence-corrected chi connectivity index (χ4v) is 2.45. The monoisotopic (exact) mass is 295 g/mol. The summed E-state index contributed by atoms with van der Waals surface area (Å²) in [7, 11) is 1.77. The van der Waals surface area contributed by atoms with E-state index in [-0.39, 0.29) is 6.10 Å². The van der Waals surface area contributed by atoms with Crippen molar-refractivity contribution in [3.8, 4) is 0 Å². The summed E-state index contributed by atoms with van der Waals surface area (Å²) < 4.78 is 16.6. The summed E-state index contributed by atoms with van der Waals surface area (Å²) in [6.45, 7) is 7.92. The third-order valence-corrected chi connectivity index (χ3v) is 3.99. The summed E-state index contributed by atoms with van der Waals surface area (Å²) >= 11 is 0. The number of hydrogen-bond donors (Lipinski definition) is 0. The Morgan fingerprint density at radius 2 is 2.19 bits per heavy atom. The van der Waals surface area contributed by atoms with E-state index in [1.54, 1.807) is 7.11 Å². The molecule has 1 saturated heterocycles. The Kier molecular flexibility index (Phi) is 6.58. The molecular weight excluding hydrogens is 266 g/mol. The highest BCUT2D eigenvalue weighted by molar-refractivity contribution is 5.21. The van der Waals surface area contributed by atoms with Crippen molar-refractivity contribution in [1.82, 2.24) is 4.90 Å². The smallest absolute Gasteiger partial charge is 0.0984 e. The lowest BCUT2D eigenvalue weighted by Crippen LogP contribution is -2.34. The molecule has 0 aromatic heterocycles. The number of epoxide rings is 1. The average Bonchev–Trinajstić information content (AvgIpc) is 3.31. The van der Waals surface area contributed by atoms with E-state index in [9.17, 15) is 0 Å². The van der Waals surface area contributed by atoms with Crippen LogP contribution < -0.4 is 0 Å². The number of hydrogen-bond acceptors (Lipinski definition) is 4. The largest absolute Gasteiger partial charge is 0.498 e. The fourth-order valence-electron chi connectivity index (χ4n) is 2.45. The second kappa shape index (κ2) is 8.44. The summed E-state index contributed by atoms with van der Waals surface area (Å²) in [6, 6.07) is 0. The molecule has 0 amide bonds. The van der Waals surface area contributed by atoms with Crippen molar-refractivity contribution in [3.05, 3.63) is 23.6 Å². The average molecular weight is 295 g/mol. The lowest BCUT2D eigenvalue weighted by Gasteiger charge is -2.30. The van der Waals surface area contributed by atoms with Crippen molar-refractivity contribution >= 4 is 0 Å². The highest BCUT2D eigenvalue weighted by Gasteiger charge is 2.27. The first-order chi connectivity index (χ1) is 10.2. The van der Waals surface area contributed by atoms with Gasteiger partial charge >= 0.3 is 0 Å². The molecule has 4 nitrogen and oxygen atoms in total. The highest BCUT2D eigenvalue weighted by Crippen LogP contribution is 2.25. The molecule has 0 N–H and O–H groups in total. The van der Waals surface area contributed by atoms with Crippen LogP contribution in [-0.4, -0.2) is 50.5 Å².